The molecule has 3 N–H and O–H groups in total. The second-order valence-corrected chi connectivity index (χ2v) is 4.51. The minimum absolute atomic E-state index is 0.364. The van der Waals surface area contributed by atoms with Crippen molar-refractivity contribution in [3.63, 3.8) is 0 Å². The number of nitrogens with zero attached hydrogens (tertiary/aromatic N) is 2. The Morgan fingerprint density at radius 2 is 2.62 bits per heavy atom. The zero-order chi connectivity index (χ0) is 9.68. The number of aromatic nitrogens is 2. The van der Waals surface area contributed by atoms with Crippen LogP contribution in [0.4, 0.5) is 0 Å². The molecule has 0 amide bonds. The fourth-order valence-corrected chi connectivity index (χ4v) is 2.39. The van der Waals surface area contributed by atoms with Crippen LogP contribution in [-0.4, -0.2) is 33.1 Å². The summed E-state index contributed by atoms with van der Waals surface area (Å²) in [5.41, 5.74) is 6.86. The van der Waals surface area contributed by atoms with Crippen molar-refractivity contribution in [2.24, 2.45) is 5.73 Å². The van der Waals surface area contributed by atoms with Gasteiger partial charge in [0.05, 0.1) is 0 Å². The van der Waals surface area contributed by atoms with Gasteiger partial charge in [-0.05, 0) is 13.0 Å². The molecule has 0 saturated carbocycles. The lowest BCUT2D eigenvalue weighted by Gasteiger charge is -2.06. The lowest BCUT2D eigenvalue weighted by molar-refractivity contribution is -0.136. The highest BCUT2D eigenvalue weighted by molar-refractivity contribution is 8.02. The summed E-state index contributed by atoms with van der Waals surface area (Å²) in [4.78, 5) is 10.7. The van der Waals surface area contributed by atoms with E-state index in [-0.39, 0.29) is 0 Å². The molecular weight excluding hydrogens is 210 g/mol. The summed E-state index contributed by atoms with van der Waals surface area (Å²) in [5, 5.41) is 15.6. The van der Waals surface area contributed by atoms with Crippen LogP contribution in [0.15, 0.2) is 9.85 Å². The van der Waals surface area contributed by atoms with Gasteiger partial charge < -0.3 is 10.8 Å². The number of nitrogens with two attached hydrogens (primary N) is 1. The number of hydrogen-bond donors (Lipinski definition) is 2. The van der Waals surface area contributed by atoms with Gasteiger partial charge in [0.1, 0.15) is 10.8 Å². The average Bonchev–Trinajstić information content (AvgIpc) is 2.56. The first-order chi connectivity index (χ1) is 6.24. The molecule has 1 heterocycles. The van der Waals surface area contributed by atoms with Gasteiger partial charge in [0.2, 0.25) is 0 Å². The summed E-state index contributed by atoms with van der Waals surface area (Å²) < 4.78 is 0.667. The minimum Gasteiger partial charge on any atom is -0.480 e. The molecule has 5 nitrogen and oxygen atoms in total. The molecule has 1 unspecified atom stereocenters. The first kappa shape index (κ1) is 10.4. The molecule has 1 rings (SSSR count). The van der Waals surface area contributed by atoms with E-state index in [9.17, 15) is 4.79 Å². The van der Waals surface area contributed by atoms with Crippen LogP contribution in [0.2, 0.25) is 0 Å². The predicted octanol–water partition coefficient (Wildman–Crippen LogP) is 0.432. The molecule has 0 aliphatic carbocycles. The summed E-state index contributed by atoms with van der Waals surface area (Å²) in [6, 6.07) is 0. The Balaban J connectivity index is 2.52. The summed E-state index contributed by atoms with van der Waals surface area (Å²) in [5.74, 6) is -0.856. The zero-order valence-corrected chi connectivity index (χ0v) is 8.35. The number of carboxylic acids is 1. The van der Waals surface area contributed by atoms with Gasteiger partial charge in [-0.1, -0.05) is 23.1 Å². The van der Waals surface area contributed by atoms with E-state index in [1.807, 2.05) is 0 Å². The third kappa shape index (κ3) is 3.29. The number of aliphatic carboxylic acids is 1. The van der Waals surface area contributed by atoms with Gasteiger partial charge in [-0.3, -0.25) is 4.79 Å². The van der Waals surface area contributed by atoms with E-state index in [4.69, 9.17) is 10.8 Å². The number of thioether (sulfide) groups is 1. The minimum atomic E-state index is -0.856. The molecule has 0 radical (unpaired) electrons. The fraction of sp³-hybridized carbons (Fsp3) is 0.500. The van der Waals surface area contributed by atoms with Crippen LogP contribution >= 0.6 is 23.1 Å². The molecule has 0 fully saturated rings. The van der Waals surface area contributed by atoms with Crippen molar-refractivity contribution in [2.45, 2.75) is 16.0 Å². The van der Waals surface area contributed by atoms with Gasteiger partial charge in [0.25, 0.3) is 0 Å². The van der Waals surface area contributed by atoms with Crippen molar-refractivity contribution in [1.82, 2.24) is 10.2 Å². The Bertz CT molecular complexity index is 265. The van der Waals surface area contributed by atoms with E-state index in [2.05, 4.69) is 10.2 Å². The van der Waals surface area contributed by atoms with Gasteiger partial charge in [-0.2, -0.15) is 0 Å². The number of hydrogen-bond acceptors (Lipinski definition) is 6. The van der Waals surface area contributed by atoms with E-state index in [1.165, 1.54) is 23.1 Å². The topological polar surface area (TPSA) is 89.1 Å². The molecule has 1 aromatic rings. The summed E-state index contributed by atoms with van der Waals surface area (Å²) in [6.07, 6.45) is 0.444. The van der Waals surface area contributed by atoms with Gasteiger partial charge in [0, 0.05) is 0 Å². The molecule has 0 spiro atoms. The van der Waals surface area contributed by atoms with Crippen molar-refractivity contribution in [3.05, 3.63) is 5.51 Å². The summed E-state index contributed by atoms with van der Waals surface area (Å²) in [6.45, 7) is 0.364. The SMILES string of the molecule is NCCC(Sc1nncs1)C(=O)O. The highest BCUT2D eigenvalue weighted by Crippen LogP contribution is 2.26. The first-order valence-electron chi connectivity index (χ1n) is 3.59. The van der Waals surface area contributed by atoms with Crippen LogP contribution in [0.3, 0.4) is 0 Å². The predicted molar refractivity (Wildman–Crippen MR) is 50.9 cm³/mol. The fourth-order valence-electron chi connectivity index (χ4n) is 0.720. The lowest BCUT2D eigenvalue weighted by Crippen LogP contribution is -2.20. The Kier molecular flexibility index (Phi) is 4.13. The van der Waals surface area contributed by atoms with Crippen LogP contribution in [0, 0.1) is 0 Å². The second-order valence-electron chi connectivity index (χ2n) is 2.23. The quantitative estimate of drug-likeness (QED) is 0.698. The number of carbonyl (C=O) groups is 1. The number of carboxylic acid groups (broad SMARTS) is 1. The normalized spacial score (nSPS) is 12.7. The maximum absolute atomic E-state index is 10.7. The van der Waals surface area contributed by atoms with Crippen molar-refractivity contribution < 1.29 is 9.90 Å². The van der Waals surface area contributed by atoms with Crippen molar-refractivity contribution >= 4 is 29.1 Å². The third-order valence-electron chi connectivity index (χ3n) is 1.29. The number of rotatable bonds is 5. The van der Waals surface area contributed by atoms with Crippen molar-refractivity contribution in [1.29, 1.82) is 0 Å². The van der Waals surface area contributed by atoms with Crippen LogP contribution < -0.4 is 5.73 Å². The molecule has 0 aliphatic rings. The third-order valence-corrected chi connectivity index (χ3v) is 3.35. The summed E-state index contributed by atoms with van der Waals surface area (Å²) >= 11 is 2.52. The molecule has 7 heteroatoms. The first-order valence-corrected chi connectivity index (χ1v) is 5.35. The molecule has 0 saturated heterocycles. The van der Waals surface area contributed by atoms with E-state index in [0.29, 0.717) is 17.3 Å². The second kappa shape index (κ2) is 5.15. The Hall–Kier alpha value is -0.660. The molecule has 0 aromatic carbocycles. The van der Waals surface area contributed by atoms with Gasteiger partial charge >= 0.3 is 5.97 Å². The Morgan fingerprint density at radius 3 is 3.08 bits per heavy atom. The Labute approximate surface area is 83.4 Å². The van der Waals surface area contributed by atoms with Crippen molar-refractivity contribution in [3.8, 4) is 0 Å². The van der Waals surface area contributed by atoms with Crippen molar-refractivity contribution in [2.75, 3.05) is 6.54 Å². The van der Waals surface area contributed by atoms with Gasteiger partial charge in [0.15, 0.2) is 4.34 Å². The van der Waals surface area contributed by atoms with Crippen LogP contribution in [0.25, 0.3) is 0 Å². The lowest BCUT2D eigenvalue weighted by atomic mass is 10.3. The maximum atomic E-state index is 10.7. The molecule has 0 aliphatic heterocycles. The average molecular weight is 219 g/mol. The summed E-state index contributed by atoms with van der Waals surface area (Å²) in [7, 11) is 0. The molecule has 13 heavy (non-hydrogen) atoms. The van der Waals surface area contributed by atoms with E-state index < -0.39 is 11.2 Å². The monoisotopic (exact) mass is 219 g/mol. The van der Waals surface area contributed by atoms with Gasteiger partial charge in [-0.15, -0.1) is 10.2 Å². The molecule has 1 atom stereocenters. The molecule has 0 bridgehead atoms. The zero-order valence-electron chi connectivity index (χ0n) is 6.71. The van der Waals surface area contributed by atoms with E-state index in [0.717, 1.165) is 0 Å². The largest absolute Gasteiger partial charge is 0.480 e. The van der Waals surface area contributed by atoms with Gasteiger partial charge in [-0.25, -0.2) is 0 Å². The van der Waals surface area contributed by atoms with E-state index in [1.54, 1.807) is 5.51 Å². The molecule has 1 aromatic heterocycles. The maximum Gasteiger partial charge on any atom is 0.317 e. The molecular formula is C6H9N3O2S2. The van der Waals surface area contributed by atoms with Crippen LogP contribution in [-0.2, 0) is 4.79 Å². The van der Waals surface area contributed by atoms with Crippen LogP contribution in [0.5, 0.6) is 0 Å². The highest BCUT2D eigenvalue weighted by atomic mass is 32.2. The Morgan fingerprint density at radius 1 is 1.85 bits per heavy atom. The highest BCUT2D eigenvalue weighted by Gasteiger charge is 2.19. The standard InChI is InChI=1S/C6H9N3O2S2/c7-2-1-4(5(10)11)13-6-9-8-3-12-6/h3-4H,1-2,7H2,(H,10,11). The molecule has 72 valence electrons. The smallest absolute Gasteiger partial charge is 0.317 e. The van der Waals surface area contributed by atoms with Crippen LogP contribution in [0.1, 0.15) is 6.42 Å². The van der Waals surface area contributed by atoms with E-state index >= 15 is 0 Å².